The third kappa shape index (κ3) is 4.56. The highest BCUT2D eigenvalue weighted by atomic mass is 35.5. The molecular formula is C11H12ClF2NO2. The number of rotatable bonds is 6. The summed E-state index contributed by atoms with van der Waals surface area (Å²) in [5.74, 6) is 0.286. The van der Waals surface area contributed by atoms with E-state index in [4.69, 9.17) is 11.6 Å². The quantitative estimate of drug-likeness (QED) is 0.739. The van der Waals surface area contributed by atoms with Crippen molar-refractivity contribution < 1.29 is 18.3 Å². The second kappa shape index (κ2) is 7.06. The summed E-state index contributed by atoms with van der Waals surface area (Å²) in [5.41, 5.74) is -0.267. The molecule has 17 heavy (non-hydrogen) atoms. The maximum absolute atomic E-state index is 12.3. The fourth-order valence-electron chi connectivity index (χ4n) is 1.39. The van der Waals surface area contributed by atoms with Crippen molar-refractivity contribution >= 4 is 22.7 Å². The number of alkyl halides is 2. The van der Waals surface area contributed by atoms with Crippen molar-refractivity contribution in [1.29, 1.82) is 0 Å². The maximum Gasteiger partial charge on any atom is 0.409 e. The van der Waals surface area contributed by atoms with Gasteiger partial charge in [0.25, 0.3) is 0 Å². The largest absolute Gasteiger partial charge is 0.415 e. The predicted molar refractivity (Wildman–Crippen MR) is 62.5 cm³/mol. The van der Waals surface area contributed by atoms with Crippen molar-refractivity contribution in [3.05, 3.63) is 24.3 Å². The zero-order valence-corrected chi connectivity index (χ0v) is 9.79. The molecule has 0 heterocycles. The molecule has 0 atom stereocenters. The van der Waals surface area contributed by atoms with Gasteiger partial charge in [0, 0.05) is 30.4 Å². The third-order valence-electron chi connectivity index (χ3n) is 2.11. The number of benzene rings is 1. The summed E-state index contributed by atoms with van der Waals surface area (Å²) in [6, 6.07) is 6.25. The van der Waals surface area contributed by atoms with Crippen molar-refractivity contribution in [2.24, 2.45) is 0 Å². The molecule has 6 heteroatoms. The molecule has 0 aliphatic heterocycles. The van der Waals surface area contributed by atoms with Crippen molar-refractivity contribution in [2.75, 3.05) is 31.3 Å². The van der Waals surface area contributed by atoms with Gasteiger partial charge in [0.05, 0.1) is 0 Å². The Bertz CT molecular complexity index is 353. The van der Waals surface area contributed by atoms with E-state index >= 15 is 0 Å². The van der Waals surface area contributed by atoms with Gasteiger partial charge < -0.3 is 9.64 Å². The molecule has 0 aliphatic carbocycles. The molecule has 3 nitrogen and oxygen atoms in total. The normalized spacial score (nSPS) is 10.1. The Morgan fingerprint density at radius 2 is 1.71 bits per heavy atom. The number of halogens is 3. The van der Waals surface area contributed by atoms with Crippen LogP contribution < -0.4 is 9.64 Å². The van der Waals surface area contributed by atoms with Gasteiger partial charge in [0.15, 0.2) is 0 Å². The average Bonchev–Trinajstić information content (AvgIpc) is 2.29. The summed E-state index contributed by atoms with van der Waals surface area (Å²) in [6.45, 7) is -0.867. The van der Waals surface area contributed by atoms with Gasteiger partial charge in [0.2, 0.25) is 0 Å². The smallest absolute Gasteiger partial charge is 0.409 e. The number of hydrogen-bond acceptors (Lipinski definition) is 3. The Balaban J connectivity index is 2.72. The van der Waals surface area contributed by atoms with Crippen LogP contribution in [0.5, 0.6) is 5.75 Å². The van der Waals surface area contributed by atoms with Crippen LogP contribution in [-0.4, -0.2) is 31.9 Å². The van der Waals surface area contributed by atoms with Crippen LogP contribution in [0.4, 0.5) is 19.3 Å². The molecule has 0 amide bonds. The number of hydrogen-bond donors (Lipinski definition) is 0. The minimum absolute atomic E-state index is 0.124. The van der Waals surface area contributed by atoms with Crippen LogP contribution in [0.2, 0.25) is 0 Å². The van der Waals surface area contributed by atoms with E-state index in [0.29, 0.717) is 5.69 Å². The second-order valence-corrected chi connectivity index (χ2v) is 3.51. The van der Waals surface area contributed by atoms with Gasteiger partial charge in [-0.05, 0) is 24.3 Å². The molecule has 0 radical (unpaired) electrons. The highest BCUT2D eigenvalue weighted by molar-refractivity contribution is 6.61. The number of carbonyl (C=O) groups excluding carboxylic acids is 1. The Hall–Kier alpha value is -1.36. The van der Waals surface area contributed by atoms with Gasteiger partial charge in [-0.2, -0.15) is 0 Å². The topological polar surface area (TPSA) is 29.5 Å². The molecule has 0 N–H and O–H groups in total. The molecule has 0 saturated carbocycles. The molecule has 94 valence electrons. The van der Waals surface area contributed by atoms with Crippen LogP contribution in [-0.2, 0) is 0 Å². The van der Waals surface area contributed by atoms with Crippen molar-refractivity contribution in [3.63, 3.8) is 0 Å². The van der Waals surface area contributed by atoms with E-state index in [2.05, 4.69) is 4.74 Å². The number of ether oxygens (including phenoxy) is 1. The zero-order chi connectivity index (χ0) is 12.7. The highest BCUT2D eigenvalue weighted by Gasteiger charge is 2.07. The molecule has 0 bridgehead atoms. The molecule has 0 fully saturated rings. The molecule has 1 aromatic carbocycles. The molecule has 0 unspecified atom stereocenters. The van der Waals surface area contributed by atoms with Crippen molar-refractivity contribution in [3.8, 4) is 5.75 Å². The Labute approximate surface area is 103 Å². The first-order chi connectivity index (χ1) is 8.17. The second-order valence-electron chi connectivity index (χ2n) is 3.20. The lowest BCUT2D eigenvalue weighted by Gasteiger charge is -2.22. The first-order valence-electron chi connectivity index (χ1n) is 5.01. The first kappa shape index (κ1) is 13.7. The standard InChI is InChI=1S/C11H12ClF2NO2/c12-11(16)17-10-3-1-9(2-4-10)15(7-5-13)8-6-14/h1-4H,5-8H2. The molecular weight excluding hydrogens is 252 g/mol. The van der Waals surface area contributed by atoms with E-state index in [9.17, 15) is 13.6 Å². The van der Waals surface area contributed by atoms with Crippen molar-refractivity contribution in [1.82, 2.24) is 0 Å². The Morgan fingerprint density at radius 3 is 2.12 bits per heavy atom. The van der Waals surface area contributed by atoms with Gasteiger partial charge in [0.1, 0.15) is 19.1 Å². The fraction of sp³-hybridized carbons (Fsp3) is 0.364. The van der Waals surface area contributed by atoms with Gasteiger partial charge in [-0.3, -0.25) is 0 Å². The number of nitrogens with zero attached hydrogens (tertiary/aromatic N) is 1. The van der Waals surface area contributed by atoms with Crippen LogP contribution in [0, 0.1) is 0 Å². The van der Waals surface area contributed by atoms with Gasteiger partial charge >= 0.3 is 5.43 Å². The minimum Gasteiger partial charge on any atom is -0.415 e. The first-order valence-corrected chi connectivity index (χ1v) is 5.39. The Kier molecular flexibility index (Phi) is 5.69. The summed E-state index contributed by atoms with van der Waals surface area (Å²) >= 11 is 5.04. The summed E-state index contributed by atoms with van der Waals surface area (Å²) in [5, 5.41) is 0. The van der Waals surface area contributed by atoms with Gasteiger partial charge in [-0.25, -0.2) is 13.6 Å². The summed E-state index contributed by atoms with van der Waals surface area (Å²) in [7, 11) is 0. The zero-order valence-electron chi connectivity index (χ0n) is 9.04. The monoisotopic (exact) mass is 263 g/mol. The van der Waals surface area contributed by atoms with E-state index in [1.54, 1.807) is 17.0 Å². The predicted octanol–water partition coefficient (Wildman–Crippen LogP) is 3.17. The van der Waals surface area contributed by atoms with Crippen LogP contribution in [0.1, 0.15) is 0 Å². The average molecular weight is 264 g/mol. The van der Waals surface area contributed by atoms with Crippen LogP contribution in [0.3, 0.4) is 0 Å². The summed E-state index contributed by atoms with van der Waals surface area (Å²) < 4.78 is 29.1. The van der Waals surface area contributed by atoms with Gasteiger partial charge in [-0.1, -0.05) is 0 Å². The summed E-state index contributed by atoms with van der Waals surface area (Å²) in [4.78, 5) is 12.0. The molecule has 0 spiro atoms. The summed E-state index contributed by atoms with van der Waals surface area (Å²) in [6.07, 6.45) is 0. The highest BCUT2D eigenvalue weighted by Crippen LogP contribution is 2.20. The van der Waals surface area contributed by atoms with Crippen LogP contribution >= 0.6 is 11.6 Å². The minimum atomic E-state index is -0.929. The molecule has 0 aromatic heterocycles. The van der Waals surface area contributed by atoms with Crippen LogP contribution in [0.25, 0.3) is 0 Å². The van der Waals surface area contributed by atoms with E-state index in [-0.39, 0.29) is 18.8 Å². The third-order valence-corrected chi connectivity index (χ3v) is 2.19. The SMILES string of the molecule is O=C(Cl)Oc1ccc(N(CCF)CCF)cc1. The number of carbonyl (C=O) groups is 1. The lowest BCUT2D eigenvalue weighted by atomic mass is 10.2. The van der Waals surface area contributed by atoms with Gasteiger partial charge in [-0.15, -0.1) is 0 Å². The maximum atomic E-state index is 12.3. The van der Waals surface area contributed by atoms with Crippen LogP contribution in [0.15, 0.2) is 24.3 Å². The molecule has 1 aromatic rings. The molecule has 0 aliphatic rings. The number of anilines is 1. The Morgan fingerprint density at radius 1 is 1.18 bits per heavy atom. The van der Waals surface area contributed by atoms with E-state index in [0.717, 1.165) is 0 Å². The van der Waals surface area contributed by atoms with Crippen molar-refractivity contribution in [2.45, 2.75) is 0 Å². The lowest BCUT2D eigenvalue weighted by Crippen LogP contribution is -2.27. The van der Waals surface area contributed by atoms with E-state index < -0.39 is 18.8 Å². The fourth-order valence-corrected chi connectivity index (χ4v) is 1.48. The lowest BCUT2D eigenvalue weighted by molar-refractivity contribution is 0.225. The molecule has 0 saturated heterocycles. The molecule has 1 rings (SSSR count). The van der Waals surface area contributed by atoms with E-state index in [1.165, 1.54) is 12.1 Å². The van der Waals surface area contributed by atoms with E-state index in [1.807, 2.05) is 0 Å².